The zero-order valence-electron chi connectivity index (χ0n) is 15.6. The summed E-state index contributed by atoms with van der Waals surface area (Å²) < 4.78 is 29.9. The SMILES string of the molecule is COC(=O)c1ccc2c(c1)CCN2C(=O)c1ccc2c(c1)CCN2S(C)(=O)=O. The van der Waals surface area contributed by atoms with E-state index >= 15 is 0 Å². The number of carbonyl (C=O) groups excluding carboxylic acids is 2. The zero-order valence-corrected chi connectivity index (χ0v) is 16.5. The number of carbonyl (C=O) groups is 2. The smallest absolute Gasteiger partial charge is 0.337 e. The van der Waals surface area contributed by atoms with Crippen LogP contribution < -0.4 is 9.21 Å². The molecule has 2 aliphatic rings. The van der Waals surface area contributed by atoms with Crippen LogP contribution in [0.4, 0.5) is 11.4 Å². The van der Waals surface area contributed by atoms with E-state index in [1.165, 1.54) is 17.7 Å². The van der Waals surface area contributed by atoms with E-state index in [1.54, 1.807) is 41.3 Å². The minimum atomic E-state index is -3.32. The van der Waals surface area contributed by atoms with Crippen molar-refractivity contribution in [2.75, 3.05) is 35.7 Å². The number of hydrogen-bond donors (Lipinski definition) is 0. The van der Waals surface area contributed by atoms with E-state index in [0.717, 1.165) is 16.8 Å². The van der Waals surface area contributed by atoms with Gasteiger partial charge in [-0.25, -0.2) is 13.2 Å². The Morgan fingerprint density at radius 1 is 0.929 bits per heavy atom. The molecule has 2 aromatic carbocycles. The molecule has 2 heterocycles. The first kappa shape index (κ1) is 18.5. The van der Waals surface area contributed by atoms with Crippen molar-refractivity contribution in [3.63, 3.8) is 0 Å². The van der Waals surface area contributed by atoms with Crippen LogP contribution in [0.2, 0.25) is 0 Å². The Kier molecular flexibility index (Phi) is 4.38. The van der Waals surface area contributed by atoms with Gasteiger partial charge in [0.15, 0.2) is 0 Å². The molecule has 0 aliphatic carbocycles. The first-order valence-electron chi connectivity index (χ1n) is 8.93. The maximum absolute atomic E-state index is 13.1. The molecule has 0 bridgehead atoms. The Bertz CT molecular complexity index is 1090. The second-order valence-corrected chi connectivity index (χ2v) is 8.88. The van der Waals surface area contributed by atoms with Gasteiger partial charge in [0.2, 0.25) is 10.0 Å². The molecule has 7 nitrogen and oxygen atoms in total. The van der Waals surface area contributed by atoms with Gasteiger partial charge >= 0.3 is 5.97 Å². The third-order valence-corrected chi connectivity index (χ3v) is 6.40. The average Bonchev–Trinajstić information content (AvgIpc) is 3.29. The van der Waals surface area contributed by atoms with Gasteiger partial charge in [-0.1, -0.05) is 0 Å². The van der Waals surface area contributed by atoms with E-state index < -0.39 is 16.0 Å². The summed E-state index contributed by atoms with van der Waals surface area (Å²) >= 11 is 0. The molecule has 1 amide bonds. The summed E-state index contributed by atoms with van der Waals surface area (Å²) in [6, 6.07) is 10.3. The number of sulfonamides is 1. The maximum Gasteiger partial charge on any atom is 0.337 e. The number of esters is 1. The van der Waals surface area contributed by atoms with Crippen LogP contribution >= 0.6 is 0 Å². The van der Waals surface area contributed by atoms with E-state index in [1.807, 2.05) is 0 Å². The van der Waals surface area contributed by atoms with Crippen LogP contribution in [0, 0.1) is 0 Å². The van der Waals surface area contributed by atoms with Crippen LogP contribution in [-0.4, -0.2) is 46.7 Å². The molecule has 0 saturated carbocycles. The van der Waals surface area contributed by atoms with E-state index in [2.05, 4.69) is 0 Å². The van der Waals surface area contributed by atoms with Crippen molar-refractivity contribution in [3.05, 3.63) is 58.7 Å². The van der Waals surface area contributed by atoms with E-state index in [0.29, 0.717) is 42.7 Å². The monoisotopic (exact) mass is 400 g/mol. The lowest BCUT2D eigenvalue weighted by atomic mass is 10.1. The van der Waals surface area contributed by atoms with Crippen LogP contribution in [-0.2, 0) is 27.6 Å². The average molecular weight is 400 g/mol. The fourth-order valence-electron chi connectivity index (χ4n) is 3.86. The van der Waals surface area contributed by atoms with Crippen LogP contribution in [0.15, 0.2) is 36.4 Å². The van der Waals surface area contributed by atoms with Gasteiger partial charge in [0, 0.05) is 24.3 Å². The fourth-order valence-corrected chi connectivity index (χ4v) is 4.82. The molecule has 0 radical (unpaired) electrons. The minimum Gasteiger partial charge on any atom is -0.465 e. The zero-order chi connectivity index (χ0) is 20.1. The fraction of sp³-hybridized carbons (Fsp3) is 0.300. The van der Waals surface area contributed by atoms with Gasteiger partial charge in [0.25, 0.3) is 5.91 Å². The predicted molar refractivity (Wildman–Crippen MR) is 105 cm³/mol. The number of hydrogen-bond acceptors (Lipinski definition) is 5. The second-order valence-electron chi connectivity index (χ2n) is 6.97. The Hall–Kier alpha value is -2.87. The Balaban J connectivity index is 1.62. The standard InChI is InChI=1S/C20H20N2O5S/c1-27-20(24)16-4-5-17-13(12-16)7-9-21(17)19(23)15-3-6-18-14(11-15)8-10-22(18)28(2,25)26/h3-6,11-12H,7-10H2,1-2H3. The van der Waals surface area contributed by atoms with Crippen molar-refractivity contribution in [1.82, 2.24) is 0 Å². The highest BCUT2D eigenvalue weighted by Gasteiger charge is 2.30. The summed E-state index contributed by atoms with van der Waals surface area (Å²) in [4.78, 5) is 26.5. The third-order valence-electron chi connectivity index (χ3n) is 5.22. The number of rotatable bonds is 3. The van der Waals surface area contributed by atoms with Gasteiger partial charge in [-0.05, 0) is 60.4 Å². The van der Waals surface area contributed by atoms with E-state index in [-0.39, 0.29) is 5.91 Å². The lowest BCUT2D eigenvalue weighted by Gasteiger charge is -2.19. The Morgan fingerprint density at radius 3 is 2.25 bits per heavy atom. The highest BCUT2D eigenvalue weighted by Crippen LogP contribution is 2.33. The number of ether oxygens (including phenoxy) is 1. The summed E-state index contributed by atoms with van der Waals surface area (Å²) in [5.74, 6) is -0.535. The van der Waals surface area contributed by atoms with E-state index in [4.69, 9.17) is 4.74 Å². The lowest BCUT2D eigenvalue weighted by Crippen LogP contribution is -2.29. The summed E-state index contributed by atoms with van der Waals surface area (Å²) in [5, 5.41) is 0. The third kappa shape index (κ3) is 3.03. The first-order valence-corrected chi connectivity index (χ1v) is 10.8. The largest absolute Gasteiger partial charge is 0.465 e. The first-order chi connectivity index (χ1) is 13.3. The molecule has 0 atom stereocenters. The molecule has 0 spiro atoms. The Labute approximate surface area is 163 Å². The van der Waals surface area contributed by atoms with Gasteiger partial charge in [-0.15, -0.1) is 0 Å². The molecule has 146 valence electrons. The summed E-state index contributed by atoms with van der Waals surface area (Å²) in [7, 11) is -1.98. The molecule has 8 heteroatoms. The van der Waals surface area contributed by atoms with Gasteiger partial charge in [-0.2, -0.15) is 0 Å². The van der Waals surface area contributed by atoms with Crippen molar-refractivity contribution >= 4 is 33.3 Å². The maximum atomic E-state index is 13.1. The van der Waals surface area contributed by atoms with Crippen LogP contribution in [0.5, 0.6) is 0 Å². The minimum absolute atomic E-state index is 0.134. The second kappa shape index (κ2) is 6.63. The predicted octanol–water partition coefficient (Wildman–Crippen LogP) is 2.00. The van der Waals surface area contributed by atoms with Gasteiger partial charge in [0.1, 0.15) is 0 Å². The van der Waals surface area contributed by atoms with Crippen LogP contribution in [0.25, 0.3) is 0 Å². The molecule has 4 rings (SSSR count). The highest BCUT2D eigenvalue weighted by atomic mass is 32.2. The molecule has 0 unspecified atom stereocenters. The van der Waals surface area contributed by atoms with Gasteiger partial charge in [0.05, 0.1) is 24.6 Å². The Morgan fingerprint density at radius 2 is 1.54 bits per heavy atom. The number of amides is 1. The van der Waals surface area contributed by atoms with Crippen LogP contribution in [0.3, 0.4) is 0 Å². The van der Waals surface area contributed by atoms with Crippen LogP contribution in [0.1, 0.15) is 31.8 Å². The molecule has 2 aliphatic heterocycles. The number of methoxy groups -OCH3 is 1. The molecule has 28 heavy (non-hydrogen) atoms. The summed E-state index contributed by atoms with van der Waals surface area (Å²) in [6.07, 6.45) is 2.44. The number of nitrogens with zero attached hydrogens (tertiary/aromatic N) is 2. The van der Waals surface area contributed by atoms with Crippen molar-refractivity contribution in [2.24, 2.45) is 0 Å². The van der Waals surface area contributed by atoms with Crippen molar-refractivity contribution in [3.8, 4) is 0 Å². The molecular weight excluding hydrogens is 380 g/mol. The number of fused-ring (bicyclic) bond motifs is 2. The summed E-state index contributed by atoms with van der Waals surface area (Å²) in [5.41, 5.74) is 4.21. The lowest BCUT2D eigenvalue weighted by molar-refractivity contribution is 0.0600. The van der Waals surface area contributed by atoms with Gasteiger partial charge < -0.3 is 9.64 Å². The molecule has 0 N–H and O–H groups in total. The quantitative estimate of drug-likeness (QED) is 0.736. The normalized spacial score (nSPS) is 15.4. The number of benzene rings is 2. The molecule has 0 aromatic heterocycles. The molecule has 0 saturated heterocycles. The van der Waals surface area contributed by atoms with Gasteiger partial charge in [-0.3, -0.25) is 9.10 Å². The highest BCUT2D eigenvalue weighted by molar-refractivity contribution is 7.92. The molecule has 2 aromatic rings. The van der Waals surface area contributed by atoms with Crippen molar-refractivity contribution < 1.29 is 22.7 Å². The topological polar surface area (TPSA) is 84.0 Å². The van der Waals surface area contributed by atoms with E-state index in [9.17, 15) is 18.0 Å². The van der Waals surface area contributed by atoms with Crippen molar-refractivity contribution in [2.45, 2.75) is 12.8 Å². The molecule has 0 fully saturated rings. The summed E-state index contributed by atoms with van der Waals surface area (Å²) in [6.45, 7) is 0.931. The number of anilines is 2. The van der Waals surface area contributed by atoms with Crippen molar-refractivity contribution in [1.29, 1.82) is 0 Å². The molecular formula is C20H20N2O5S.